The van der Waals surface area contributed by atoms with E-state index in [1.807, 2.05) is 25.1 Å². The molecule has 1 N–H and O–H groups in total. The first-order chi connectivity index (χ1) is 10.3. The number of fused-ring (bicyclic) bond motifs is 1. The Bertz CT molecular complexity index is 666. The van der Waals surface area contributed by atoms with Gasteiger partial charge in [0.25, 0.3) is 0 Å². The number of rotatable bonds is 2. The zero-order chi connectivity index (χ0) is 14.7. The highest BCUT2D eigenvalue weighted by Gasteiger charge is 2.21. The molecule has 1 aromatic carbocycles. The molecule has 4 nitrogen and oxygen atoms in total. The summed E-state index contributed by atoms with van der Waals surface area (Å²) in [4.78, 5) is 6.79. The van der Waals surface area contributed by atoms with Crippen LogP contribution >= 0.6 is 0 Å². The van der Waals surface area contributed by atoms with Gasteiger partial charge in [-0.05, 0) is 43.7 Å². The van der Waals surface area contributed by atoms with Crippen molar-refractivity contribution < 1.29 is 0 Å². The van der Waals surface area contributed by atoms with Crippen molar-refractivity contribution in [3.63, 3.8) is 0 Å². The van der Waals surface area contributed by atoms with Crippen LogP contribution in [0.1, 0.15) is 23.7 Å². The van der Waals surface area contributed by atoms with Crippen LogP contribution in [0.5, 0.6) is 0 Å². The summed E-state index contributed by atoms with van der Waals surface area (Å²) in [6.45, 7) is 5.87. The predicted molar refractivity (Wildman–Crippen MR) is 83.9 cm³/mol. The largest absolute Gasteiger partial charge is 0.315 e. The molecule has 2 aromatic rings. The van der Waals surface area contributed by atoms with Crippen LogP contribution in [-0.4, -0.2) is 36.1 Å². The van der Waals surface area contributed by atoms with Gasteiger partial charge in [0.1, 0.15) is 6.04 Å². The average Bonchev–Trinajstić information content (AvgIpc) is 2.77. The van der Waals surface area contributed by atoms with E-state index in [0.717, 1.165) is 54.8 Å². The van der Waals surface area contributed by atoms with E-state index in [9.17, 15) is 5.26 Å². The van der Waals surface area contributed by atoms with Crippen LogP contribution in [0, 0.1) is 18.3 Å². The second kappa shape index (κ2) is 6.21. The summed E-state index contributed by atoms with van der Waals surface area (Å²) in [6, 6.07) is 12.6. The lowest BCUT2D eigenvalue weighted by Gasteiger charge is -2.25. The Labute approximate surface area is 125 Å². The fourth-order valence-corrected chi connectivity index (χ4v) is 2.91. The molecular formula is C17H20N4. The van der Waals surface area contributed by atoms with Gasteiger partial charge in [-0.3, -0.25) is 9.88 Å². The Morgan fingerprint density at radius 1 is 1.24 bits per heavy atom. The maximum absolute atomic E-state index is 9.61. The highest BCUT2D eigenvalue weighted by atomic mass is 15.2. The Balaban J connectivity index is 1.93. The van der Waals surface area contributed by atoms with Crippen molar-refractivity contribution in [2.45, 2.75) is 19.4 Å². The van der Waals surface area contributed by atoms with Crippen LogP contribution in [0.4, 0.5) is 0 Å². The van der Waals surface area contributed by atoms with Gasteiger partial charge in [-0.15, -0.1) is 0 Å². The lowest BCUT2D eigenvalue weighted by molar-refractivity contribution is 0.252. The molecule has 1 atom stereocenters. The number of benzene rings is 1. The monoisotopic (exact) mass is 280 g/mol. The third kappa shape index (κ3) is 3.05. The molecule has 4 heteroatoms. The van der Waals surface area contributed by atoms with E-state index >= 15 is 0 Å². The second-order valence-corrected chi connectivity index (χ2v) is 5.58. The van der Waals surface area contributed by atoms with Gasteiger partial charge in [0.15, 0.2) is 0 Å². The quantitative estimate of drug-likeness (QED) is 0.918. The van der Waals surface area contributed by atoms with Crippen LogP contribution in [-0.2, 0) is 0 Å². The minimum atomic E-state index is -0.171. The molecule has 0 aliphatic carbocycles. The third-order valence-corrected chi connectivity index (χ3v) is 4.03. The lowest BCUT2D eigenvalue weighted by Crippen LogP contribution is -2.31. The third-order valence-electron chi connectivity index (χ3n) is 4.03. The number of nitrogens with zero attached hydrogens (tertiary/aromatic N) is 3. The van der Waals surface area contributed by atoms with Gasteiger partial charge in [0, 0.05) is 30.7 Å². The van der Waals surface area contributed by atoms with Crippen molar-refractivity contribution in [2.24, 2.45) is 0 Å². The number of hydrogen-bond acceptors (Lipinski definition) is 4. The molecule has 1 aromatic heterocycles. The number of aryl methyl sites for hydroxylation is 1. The summed E-state index contributed by atoms with van der Waals surface area (Å²) in [5.41, 5.74) is 3.08. The van der Waals surface area contributed by atoms with Gasteiger partial charge < -0.3 is 5.32 Å². The Morgan fingerprint density at radius 2 is 2.14 bits per heavy atom. The Kier molecular flexibility index (Phi) is 4.14. The van der Waals surface area contributed by atoms with Crippen molar-refractivity contribution in [3.05, 3.63) is 41.6 Å². The van der Waals surface area contributed by atoms with Crippen molar-refractivity contribution in [1.82, 2.24) is 15.2 Å². The zero-order valence-corrected chi connectivity index (χ0v) is 12.3. The molecule has 0 saturated carbocycles. The summed E-state index contributed by atoms with van der Waals surface area (Å²) < 4.78 is 0. The molecule has 3 rings (SSSR count). The van der Waals surface area contributed by atoms with Crippen LogP contribution in [0.3, 0.4) is 0 Å². The minimum absolute atomic E-state index is 0.171. The minimum Gasteiger partial charge on any atom is -0.315 e. The van der Waals surface area contributed by atoms with E-state index in [1.165, 1.54) is 0 Å². The van der Waals surface area contributed by atoms with Gasteiger partial charge >= 0.3 is 0 Å². The first kappa shape index (κ1) is 14.0. The molecule has 0 radical (unpaired) electrons. The van der Waals surface area contributed by atoms with Crippen molar-refractivity contribution >= 4 is 10.9 Å². The first-order valence-corrected chi connectivity index (χ1v) is 7.49. The maximum Gasteiger partial charge on any atom is 0.123 e. The number of pyridine rings is 1. The van der Waals surface area contributed by atoms with E-state index in [4.69, 9.17) is 0 Å². The van der Waals surface area contributed by atoms with Crippen molar-refractivity contribution in [1.29, 1.82) is 5.26 Å². The van der Waals surface area contributed by atoms with Gasteiger partial charge in [0.05, 0.1) is 11.6 Å². The fraction of sp³-hybridized carbons (Fsp3) is 0.412. The molecule has 2 heterocycles. The van der Waals surface area contributed by atoms with Gasteiger partial charge in [-0.25, -0.2) is 0 Å². The van der Waals surface area contributed by atoms with Gasteiger partial charge in [-0.2, -0.15) is 5.26 Å². The highest BCUT2D eigenvalue weighted by molar-refractivity contribution is 5.79. The van der Waals surface area contributed by atoms with Crippen LogP contribution in [0.15, 0.2) is 30.3 Å². The average molecular weight is 280 g/mol. The van der Waals surface area contributed by atoms with Gasteiger partial charge in [-0.1, -0.05) is 12.1 Å². The van der Waals surface area contributed by atoms with Crippen LogP contribution in [0.25, 0.3) is 10.9 Å². The SMILES string of the molecule is Cc1ccc2cc(C(C#N)N3CCCNCC3)ccc2n1. The first-order valence-electron chi connectivity index (χ1n) is 7.49. The summed E-state index contributed by atoms with van der Waals surface area (Å²) in [7, 11) is 0. The summed E-state index contributed by atoms with van der Waals surface area (Å²) in [5, 5.41) is 14.1. The van der Waals surface area contributed by atoms with Crippen molar-refractivity contribution in [2.75, 3.05) is 26.2 Å². The summed E-state index contributed by atoms with van der Waals surface area (Å²) in [5.74, 6) is 0. The fourth-order valence-electron chi connectivity index (χ4n) is 2.91. The molecule has 108 valence electrons. The normalized spacial score (nSPS) is 18.1. The maximum atomic E-state index is 9.61. The zero-order valence-electron chi connectivity index (χ0n) is 12.3. The van der Waals surface area contributed by atoms with Crippen molar-refractivity contribution in [3.8, 4) is 6.07 Å². The predicted octanol–water partition coefficient (Wildman–Crippen LogP) is 2.40. The van der Waals surface area contributed by atoms with E-state index in [-0.39, 0.29) is 6.04 Å². The molecule has 1 unspecified atom stereocenters. The summed E-state index contributed by atoms with van der Waals surface area (Å²) >= 11 is 0. The second-order valence-electron chi connectivity index (χ2n) is 5.58. The molecule has 21 heavy (non-hydrogen) atoms. The Morgan fingerprint density at radius 3 is 3.00 bits per heavy atom. The molecule has 1 aliphatic rings. The van der Waals surface area contributed by atoms with Crippen LogP contribution in [0.2, 0.25) is 0 Å². The Hall–Kier alpha value is -1.96. The highest BCUT2D eigenvalue weighted by Crippen LogP contribution is 2.24. The number of hydrogen-bond donors (Lipinski definition) is 1. The summed E-state index contributed by atoms with van der Waals surface area (Å²) in [6.07, 6.45) is 1.09. The molecule has 1 aliphatic heterocycles. The number of aromatic nitrogens is 1. The van der Waals surface area contributed by atoms with E-state index < -0.39 is 0 Å². The van der Waals surface area contributed by atoms with E-state index in [1.54, 1.807) is 0 Å². The smallest absolute Gasteiger partial charge is 0.123 e. The van der Waals surface area contributed by atoms with E-state index in [2.05, 4.69) is 33.4 Å². The number of nitriles is 1. The topological polar surface area (TPSA) is 52.0 Å². The molecule has 0 spiro atoms. The number of nitrogens with one attached hydrogen (secondary N) is 1. The lowest BCUT2D eigenvalue weighted by atomic mass is 10.0. The standard InChI is InChI=1S/C17H20N4/c1-13-3-4-14-11-15(5-6-16(14)20-13)17(12-18)21-9-2-7-19-8-10-21/h3-6,11,17,19H,2,7-10H2,1H3. The molecule has 1 saturated heterocycles. The van der Waals surface area contributed by atoms with E-state index in [0.29, 0.717) is 0 Å². The molecule has 0 bridgehead atoms. The molecule has 1 fully saturated rings. The van der Waals surface area contributed by atoms with Gasteiger partial charge in [0.2, 0.25) is 0 Å². The van der Waals surface area contributed by atoms with Crippen LogP contribution < -0.4 is 5.32 Å². The molecule has 0 amide bonds. The molecular weight excluding hydrogens is 260 g/mol.